The van der Waals surface area contributed by atoms with Gasteiger partial charge in [0.15, 0.2) is 6.29 Å². The van der Waals surface area contributed by atoms with E-state index in [0.717, 1.165) is 6.29 Å². The first-order valence-corrected chi connectivity index (χ1v) is 7.08. The van der Waals surface area contributed by atoms with Gasteiger partial charge in [0.2, 0.25) is 0 Å². The first kappa shape index (κ1) is 17.2. The lowest BCUT2D eigenvalue weighted by atomic mass is 9.94. The molecule has 1 unspecified atom stereocenters. The van der Waals surface area contributed by atoms with Crippen LogP contribution in [0.5, 0.6) is 0 Å². The third-order valence-electron chi connectivity index (χ3n) is 3.94. The second-order valence-corrected chi connectivity index (χ2v) is 5.35. The Hall–Kier alpha value is -0.820. The zero-order valence-electron chi connectivity index (χ0n) is 12.7. The summed E-state index contributed by atoms with van der Waals surface area (Å²) >= 11 is 0. The van der Waals surface area contributed by atoms with E-state index in [1.807, 2.05) is 25.8 Å². The maximum Gasteiger partial charge on any atom is 0.154 e. The lowest BCUT2D eigenvalue weighted by molar-refractivity contribution is -0.137. The maximum atomic E-state index is 11.7. The van der Waals surface area contributed by atoms with Gasteiger partial charge in [-0.15, -0.1) is 0 Å². The molecule has 0 aromatic rings. The molecule has 1 aliphatic rings. The lowest BCUT2D eigenvalue weighted by Crippen LogP contribution is -2.50. The molecule has 5 atom stereocenters. The van der Waals surface area contributed by atoms with Gasteiger partial charge < -0.3 is 20.0 Å². The number of hydrogen-bond acceptors (Lipinski definition) is 6. The summed E-state index contributed by atoms with van der Waals surface area (Å²) in [6.07, 6.45) is 1.11. The quantitative estimate of drug-likeness (QED) is 0.507. The van der Waals surface area contributed by atoms with Crippen molar-refractivity contribution < 1.29 is 19.1 Å². The Bertz CT molecular complexity index is 337. The van der Waals surface area contributed by atoms with E-state index in [4.69, 9.17) is 15.2 Å². The molecule has 116 valence electrons. The van der Waals surface area contributed by atoms with Gasteiger partial charge in [0.25, 0.3) is 0 Å². The van der Waals surface area contributed by atoms with Crippen LogP contribution in [0.15, 0.2) is 0 Å². The van der Waals surface area contributed by atoms with E-state index >= 15 is 0 Å². The van der Waals surface area contributed by atoms with Crippen LogP contribution in [0, 0.1) is 5.92 Å². The van der Waals surface area contributed by atoms with Gasteiger partial charge >= 0.3 is 0 Å². The van der Waals surface area contributed by atoms with Crippen LogP contribution in [0.4, 0.5) is 0 Å². The van der Waals surface area contributed by atoms with E-state index in [2.05, 4.69) is 0 Å². The van der Waals surface area contributed by atoms with E-state index < -0.39 is 6.04 Å². The molecule has 0 saturated carbocycles. The van der Waals surface area contributed by atoms with Crippen molar-refractivity contribution in [2.24, 2.45) is 11.7 Å². The first-order chi connectivity index (χ1) is 9.42. The van der Waals surface area contributed by atoms with Gasteiger partial charge in [0.05, 0.1) is 18.7 Å². The van der Waals surface area contributed by atoms with Crippen LogP contribution in [0.2, 0.25) is 0 Å². The molecule has 6 heteroatoms. The van der Waals surface area contributed by atoms with Crippen LogP contribution in [0.25, 0.3) is 0 Å². The molecule has 1 aliphatic heterocycles. The fourth-order valence-corrected chi connectivity index (χ4v) is 2.96. The van der Waals surface area contributed by atoms with Crippen LogP contribution in [0.1, 0.15) is 27.2 Å². The molecule has 1 saturated heterocycles. The minimum atomic E-state index is -0.611. The average molecular weight is 286 g/mol. The second-order valence-electron chi connectivity index (χ2n) is 5.35. The summed E-state index contributed by atoms with van der Waals surface area (Å²) in [5.41, 5.74) is 5.88. The van der Waals surface area contributed by atoms with Gasteiger partial charge in [-0.25, -0.2) is 0 Å². The number of carbonyl (C=O) groups excluding carboxylic acids is 2. The van der Waals surface area contributed by atoms with Crippen molar-refractivity contribution in [3.8, 4) is 0 Å². The molecule has 1 heterocycles. The smallest absolute Gasteiger partial charge is 0.154 e. The van der Waals surface area contributed by atoms with Crippen molar-refractivity contribution in [2.45, 2.75) is 51.6 Å². The number of nitrogens with zero attached hydrogens (tertiary/aromatic N) is 1. The van der Waals surface area contributed by atoms with Gasteiger partial charge in [0.1, 0.15) is 12.1 Å². The van der Waals surface area contributed by atoms with Crippen molar-refractivity contribution in [2.75, 3.05) is 20.3 Å². The van der Waals surface area contributed by atoms with Crippen molar-refractivity contribution in [3.63, 3.8) is 0 Å². The van der Waals surface area contributed by atoms with Crippen LogP contribution in [-0.2, 0) is 19.1 Å². The Labute approximate surface area is 120 Å². The molecular formula is C14H26N2O4. The van der Waals surface area contributed by atoms with Gasteiger partial charge in [-0.2, -0.15) is 0 Å². The summed E-state index contributed by atoms with van der Waals surface area (Å²) in [7, 11) is 1.84. The van der Waals surface area contributed by atoms with Crippen molar-refractivity contribution >= 4 is 12.1 Å². The van der Waals surface area contributed by atoms with E-state index in [0.29, 0.717) is 19.6 Å². The Morgan fingerprint density at radius 2 is 2.15 bits per heavy atom. The Kier molecular flexibility index (Phi) is 6.75. The number of rotatable bonds is 8. The Morgan fingerprint density at radius 3 is 2.65 bits per heavy atom. The normalized spacial score (nSPS) is 30.1. The van der Waals surface area contributed by atoms with Crippen molar-refractivity contribution in [1.29, 1.82) is 0 Å². The number of likely N-dealkylation sites (tertiary alicyclic amines) is 1. The minimum Gasteiger partial charge on any atom is -0.353 e. The van der Waals surface area contributed by atoms with E-state index in [1.165, 1.54) is 0 Å². The highest BCUT2D eigenvalue weighted by Gasteiger charge is 2.43. The average Bonchev–Trinajstić information content (AvgIpc) is 2.73. The predicted molar refractivity (Wildman–Crippen MR) is 75.2 cm³/mol. The molecule has 0 bridgehead atoms. The number of aldehydes is 1. The molecule has 0 aliphatic carbocycles. The molecule has 0 aromatic heterocycles. The SMILES string of the molecule is CCOC(C)OC[C@@H]1C[C@H](C(C)=O)N(C)[C@H]1[C@@H](N)C=O. The molecule has 2 N–H and O–H groups in total. The highest BCUT2D eigenvalue weighted by atomic mass is 16.7. The summed E-state index contributed by atoms with van der Waals surface area (Å²) in [6, 6.07) is -0.974. The van der Waals surface area contributed by atoms with Gasteiger partial charge in [-0.05, 0) is 34.2 Å². The highest BCUT2D eigenvalue weighted by Crippen LogP contribution is 2.31. The zero-order chi connectivity index (χ0) is 15.3. The van der Waals surface area contributed by atoms with Gasteiger partial charge in [0, 0.05) is 18.6 Å². The van der Waals surface area contributed by atoms with Crippen LogP contribution in [0.3, 0.4) is 0 Å². The first-order valence-electron chi connectivity index (χ1n) is 7.08. The van der Waals surface area contributed by atoms with Crippen LogP contribution >= 0.6 is 0 Å². The number of likely N-dealkylation sites (N-methyl/N-ethyl adjacent to an activating group) is 1. The Morgan fingerprint density at radius 1 is 1.50 bits per heavy atom. The summed E-state index contributed by atoms with van der Waals surface area (Å²) in [4.78, 5) is 24.6. The van der Waals surface area contributed by atoms with Crippen LogP contribution < -0.4 is 5.73 Å². The zero-order valence-corrected chi connectivity index (χ0v) is 12.7. The molecule has 0 aromatic carbocycles. The molecule has 0 spiro atoms. The molecule has 0 radical (unpaired) electrons. The molecule has 0 amide bonds. The number of Topliss-reactive ketones (excluding diaryl/α,β-unsaturated/α-hetero) is 1. The standard InChI is InChI=1S/C14H26N2O4/c1-5-19-10(3)20-8-11-6-13(9(2)18)16(4)14(11)12(15)7-17/h7,10-14H,5-6,8,15H2,1-4H3/t10?,11-,12-,13+,14+/m0/s1. The number of nitrogens with two attached hydrogens (primary N) is 1. The van der Waals surface area contributed by atoms with Crippen LogP contribution in [-0.4, -0.2) is 61.6 Å². The second kappa shape index (κ2) is 7.83. The maximum absolute atomic E-state index is 11.7. The van der Waals surface area contributed by atoms with Gasteiger partial charge in [-0.1, -0.05) is 0 Å². The summed E-state index contributed by atoms with van der Waals surface area (Å²) in [5, 5.41) is 0. The monoisotopic (exact) mass is 286 g/mol. The lowest BCUT2D eigenvalue weighted by Gasteiger charge is -2.29. The third kappa shape index (κ3) is 4.09. The number of ketones is 1. The van der Waals surface area contributed by atoms with Crippen molar-refractivity contribution in [1.82, 2.24) is 4.90 Å². The summed E-state index contributed by atoms with van der Waals surface area (Å²) in [5.74, 6) is 0.146. The summed E-state index contributed by atoms with van der Waals surface area (Å²) in [6.45, 7) is 6.32. The van der Waals surface area contributed by atoms with E-state index in [-0.39, 0.29) is 30.1 Å². The molecule has 1 fully saturated rings. The topological polar surface area (TPSA) is 81.9 Å². The fourth-order valence-electron chi connectivity index (χ4n) is 2.96. The predicted octanol–water partition coefficient (Wildman–Crippen LogP) is 0.190. The number of ether oxygens (including phenoxy) is 2. The molecular weight excluding hydrogens is 260 g/mol. The van der Waals surface area contributed by atoms with E-state index in [1.54, 1.807) is 6.92 Å². The highest BCUT2D eigenvalue weighted by molar-refractivity contribution is 5.82. The molecule has 20 heavy (non-hydrogen) atoms. The molecule has 6 nitrogen and oxygen atoms in total. The third-order valence-corrected chi connectivity index (χ3v) is 3.94. The van der Waals surface area contributed by atoms with Gasteiger partial charge in [-0.3, -0.25) is 9.69 Å². The molecule has 1 rings (SSSR count). The summed E-state index contributed by atoms with van der Waals surface area (Å²) < 4.78 is 11.0. The number of carbonyl (C=O) groups is 2. The minimum absolute atomic E-state index is 0.0528. The Balaban J connectivity index is 2.70. The fraction of sp³-hybridized carbons (Fsp3) is 0.857. The number of hydrogen-bond donors (Lipinski definition) is 1. The largest absolute Gasteiger partial charge is 0.353 e. The van der Waals surface area contributed by atoms with E-state index in [9.17, 15) is 9.59 Å². The van der Waals surface area contributed by atoms with Crippen molar-refractivity contribution in [3.05, 3.63) is 0 Å².